The maximum Gasteiger partial charge on any atom is 0.161 e. The van der Waals surface area contributed by atoms with E-state index >= 15 is 0 Å². The number of aliphatic hydroxyl groups is 1. The molecule has 136 valence electrons. The fourth-order valence-electron chi connectivity index (χ4n) is 3.07. The molecule has 0 aromatic heterocycles. The Morgan fingerprint density at radius 2 is 1.92 bits per heavy atom. The average Bonchev–Trinajstić information content (AvgIpc) is 3.52. The Labute approximate surface area is 148 Å². The van der Waals surface area contributed by atoms with Crippen LogP contribution in [0.15, 0.2) is 29.4 Å². The summed E-state index contributed by atoms with van der Waals surface area (Å²) in [4.78, 5) is 5.39. The Hall–Kier alpha value is -1.79. The molecule has 0 saturated heterocycles. The molecule has 1 aromatic rings. The number of nitrogens with zero attached hydrogens (tertiary/aromatic N) is 1. The Bertz CT molecular complexity index is 599. The smallest absolute Gasteiger partial charge is 0.161 e. The van der Waals surface area contributed by atoms with Gasteiger partial charge in [-0.3, -0.25) is 0 Å². The molecular formula is C19H26N2O4. The minimum absolute atomic E-state index is 0.0580. The van der Waals surface area contributed by atoms with E-state index in [-0.39, 0.29) is 12.7 Å². The lowest BCUT2D eigenvalue weighted by Crippen LogP contribution is -2.41. The van der Waals surface area contributed by atoms with Gasteiger partial charge in [0.2, 0.25) is 0 Å². The first-order valence-corrected chi connectivity index (χ1v) is 9.26. The molecule has 2 fully saturated rings. The van der Waals surface area contributed by atoms with E-state index in [9.17, 15) is 5.11 Å². The number of ether oxygens (including phenoxy) is 2. The molecule has 1 aromatic carbocycles. The highest BCUT2D eigenvalue weighted by atomic mass is 16.6. The summed E-state index contributed by atoms with van der Waals surface area (Å²) < 4.78 is 11.5. The van der Waals surface area contributed by atoms with Crippen molar-refractivity contribution in [1.82, 2.24) is 5.32 Å². The van der Waals surface area contributed by atoms with Crippen LogP contribution < -0.4 is 14.8 Å². The van der Waals surface area contributed by atoms with Crippen molar-refractivity contribution in [2.75, 3.05) is 26.3 Å². The lowest BCUT2D eigenvalue weighted by atomic mass is 10.2. The molecule has 25 heavy (non-hydrogen) atoms. The summed E-state index contributed by atoms with van der Waals surface area (Å²) in [5.41, 5.74) is 1.23. The van der Waals surface area contributed by atoms with Crippen LogP contribution in [0.2, 0.25) is 0 Å². The number of benzene rings is 1. The zero-order valence-electron chi connectivity index (χ0n) is 14.4. The largest absolute Gasteiger partial charge is 0.486 e. The van der Waals surface area contributed by atoms with Gasteiger partial charge in [-0.15, -0.1) is 0 Å². The molecule has 2 unspecified atom stereocenters. The van der Waals surface area contributed by atoms with Crippen LogP contribution in [0.1, 0.15) is 25.7 Å². The standard InChI is InChI=1S/C19H26N2O4/c22-15(11-24-21-19(13-5-6-13)14-7-8-14)9-20-10-16-12-23-17-3-1-2-4-18(17)25-16/h1-4,13-16,20,22H,5-12H2. The molecule has 2 N–H and O–H groups in total. The second kappa shape index (κ2) is 7.62. The third-order valence-electron chi connectivity index (χ3n) is 4.75. The van der Waals surface area contributed by atoms with Crippen LogP contribution in [-0.4, -0.2) is 49.3 Å². The number of oxime groups is 1. The number of nitrogens with one attached hydrogen (secondary N) is 1. The molecule has 0 spiro atoms. The minimum Gasteiger partial charge on any atom is -0.486 e. The third kappa shape index (κ3) is 4.64. The highest BCUT2D eigenvalue weighted by molar-refractivity contribution is 5.92. The lowest BCUT2D eigenvalue weighted by Gasteiger charge is -2.26. The second-order valence-electron chi connectivity index (χ2n) is 7.17. The van der Waals surface area contributed by atoms with Crippen LogP contribution in [0.25, 0.3) is 0 Å². The van der Waals surface area contributed by atoms with E-state index in [1.807, 2.05) is 24.3 Å². The maximum absolute atomic E-state index is 10.0. The normalized spacial score (nSPS) is 23.0. The molecule has 2 saturated carbocycles. The predicted octanol–water partition coefficient (Wildman–Crippen LogP) is 1.97. The van der Waals surface area contributed by atoms with Crippen molar-refractivity contribution in [3.05, 3.63) is 24.3 Å². The Morgan fingerprint density at radius 1 is 1.20 bits per heavy atom. The molecule has 1 heterocycles. The Morgan fingerprint density at radius 3 is 2.64 bits per heavy atom. The van der Waals surface area contributed by atoms with Crippen LogP contribution in [-0.2, 0) is 4.84 Å². The highest BCUT2D eigenvalue weighted by Gasteiger charge is 2.38. The summed E-state index contributed by atoms with van der Waals surface area (Å²) in [6.45, 7) is 1.79. The van der Waals surface area contributed by atoms with Gasteiger partial charge in [0, 0.05) is 24.9 Å². The SMILES string of the molecule is OC(CNCC1COc2ccccc2O1)CON=C(C1CC1)C1CC1. The van der Waals surface area contributed by atoms with Crippen molar-refractivity contribution in [3.8, 4) is 11.5 Å². The monoisotopic (exact) mass is 346 g/mol. The summed E-state index contributed by atoms with van der Waals surface area (Å²) in [6.07, 6.45) is 4.34. The first-order valence-electron chi connectivity index (χ1n) is 9.26. The average molecular weight is 346 g/mol. The van der Waals surface area contributed by atoms with Crippen molar-refractivity contribution in [2.24, 2.45) is 17.0 Å². The minimum atomic E-state index is -0.583. The molecule has 1 aliphatic heterocycles. The van der Waals surface area contributed by atoms with E-state index < -0.39 is 6.10 Å². The van der Waals surface area contributed by atoms with E-state index in [0.29, 0.717) is 31.5 Å². The number of para-hydroxylation sites is 2. The van der Waals surface area contributed by atoms with Crippen LogP contribution in [0.5, 0.6) is 11.5 Å². The van der Waals surface area contributed by atoms with E-state index in [1.165, 1.54) is 31.4 Å². The van der Waals surface area contributed by atoms with E-state index in [0.717, 1.165) is 11.5 Å². The lowest BCUT2D eigenvalue weighted by molar-refractivity contribution is 0.0357. The molecule has 3 aliphatic rings. The summed E-state index contributed by atoms with van der Waals surface area (Å²) in [5, 5.41) is 17.5. The van der Waals surface area contributed by atoms with E-state index in [4.69, 9.17) is 14.3 Å². The van der Waals surface area contributed by atoms with Crippen molar-refractivity contribution in [3.63, 3.8) is 0 Å². The highest BCUT2D eigenvalue weighted by Crippen LogP contribution is 2.42. The molecule has 6 nitrogen and oxygen atoms in total. The quantitative estimate of drug-likeness (QED) is 0.528. The summed E-state index contributed by atoms with van der Waals surface area (Å²) in [7, 11) is 0. The Kier molecular flexibility index (Phi) is 5.08. The van der Waals surface area contributed by atoms with Crippen LogP contribution in [0.4, 0.5) is 0 Å². The topological polar surface area (TPSA) is 72.3 Å². The predicted molar refractivity (Wildman–Crippen MR) is 94.1 cm³/mol. The van der Waals surface area contributed by atoms with Gasteiger partial charge in [-0.25, -0.2) is 0 Å². The molecular weight excluding hydrogens is 320 g/mol. The Balaban J connectivity index is 1.14. The van der Waals surface area contributed by atoms with Crippen LogP contribution in [0, 0.1) is 11.8 Å². The second-order valence-corrected chi connectivity index (χ2v) is 7.17. The van der Waals surface area contributed by atoms with Gasteiger partial charge in [0.05, 0.1) is 5.71 Å². The fourth-order valence-corrected chi connectivity index (χ4v) is 3.07. The summed E-state index contributed by atoms with van der Waals surface area (Å²) >= 11 is 0. The van der Waals surface area contributed by atoms with Crippen LogP contribution in [0.3, 0.4) is 0 Å². The van der Waals surface area contributed by atoms with Crippen molar-refractivity contribution in [2.45, 2.75) is 37.9 Å². The van der Waals surface area contributed by atoms with Gasteiger partial charge >= 0.3 is 0 Å². The number of rotatable bonds is 9. The number of aliphatic hydroxyl groups excluding tert-OH is 1. The summed E-state index contributed by atoms with van der Waals surface area (Å²) in [6, 6.07) is 7.66. The molecule has 4 rings (SSSR count). The number of fused-ring (bicyclic) bond motifs is 1. The first kappa shape index (κ1) is 16.7. The molecule has 2 atom stereocenters. The zero-order valence-corrected chi connectivity index (χ0v) is 14.4. The van der Waals surface area contributed by atoms with Gasteiger partial charge in [0.1, 0.15) is 25.4 Å². The molecule has 6 heteroatoms. The third-order valence-corrected chi connectivity index (χ3v) is 4.75. The fraction of sp³-hybridized carbons (Fsp3) is 0.632. The number of hydrogen-bond donors (Lipinski definition) is 2. The zero-order chi connectivity index (χ0) is 17.1. The maximum atomic E-state index is 10.0. The van der Waals surface area contributed by atoms with Gasteiger partial charge in [-0.1, -0.05) is 17.3 Å². The molecule has 0 radical (unpaired) electrons. The molecule has 2 aliphatic carbocycles. The van der Waals surface area contributed by atoms with Gasteiger partial charge in [0.25, 0.3) is 0 Å². The van der Waals surface area contributed by atoms with Gasteiger partial charge in [-0.2, -0.15) is 0 Å². The van der Waals surface area contributed by atoms with Crippen molar-refractivity contribution in [1.29, 1.82) is 0 Å². The first-order chi connectivity index (χ1) is 12.3. The van der Waals surface area contributed by atoms with Gasteiger partial charge in [0.15, 0.2) is 11.5 Å². The molecule has 0 bridgehead atoms. The van der Waals surface area contributed by atoms with Gasteiger partial charge < -0.3 is 24.7 Å². The summed E-state index contributed by atoms with van der Waals surface area (Å²) in [5.74, 6) is 2.85. The number of hydrogen-bond acceptors (Lipinski definition) is 6. The van der Waals surface area contributed by atoms with E-state index in [1.54, 1.807) is 0 Å². The van der Waals surface area contributed by atoms with Crippen LogP contribution >= 0.6 is 0 Å². The van der Waals surface area contributed by atoms with E-state index in [2.05, 4.69) is 10.5 Å². The van der Waals surface area contributed by atoms with Crippen molar-refractivity contribution < 1.29 is 19.4 Å². The van der Waals surface area contributed by atoms with Crippen molar-refractivity contribution >= 4 is 5.71 Å². The van der Waals surface area contributed by atoms with Gasteiger partial charge in [-0.05, 0) is 37.8 Å². The molecule has 0 amide bonds.